The van der Waals surface area contributed by atoms with Crippen LogP contribution in [0.4, 0.5) is 4.79 Å². The van der Waals surface area contributed by atoms with Gasteiger partial charge in [0.1, 0.15) is 0 Å². The van der Waals surface area contributed by atoms with Crippen LogP contribution in [0.2, 0.25) is 0 Å². The summed E-state index contributed by atoms with van der Waals surface area (Å²) in [6.07, 6.45) is 3.97. The second kappa shape index (κ2) is 7.20. The largest absolute Gasteiger partial charge is 0.476 e. The maximum Gasteiger partial charge on any atom is 0.355 e. The number of piperidine rings is 1. The van der Waals surface area contributed by atoms with Crippen molar-refractivity contribution in [3.8, 4) is 0 Å². The van der Waals surface area contributed by atoms with Gasteiger partial charge in [0.2, 0.25) is 0 Å². The number of amides is 2. The Morgan fingerprint density at radius 1 is 1.35 bits per heavy atom. The number of rotatable bonds is 5. The predicted octanol–water partition coefficient (Wildman–Crippen LogP) is 1.08. The molecule has 0 bridgehead atoms. The van der Waals surface area contributed by atoms with Crippen molar-refractivity contribution >= 4 is 23.3 Å². The monoisotopic (exact) mass is 298 g/mol. The van der Waals surface area contributed by atoms with Crippen molar-refractivity contribution in [2.75, 3.05) is 19.6 Å². The van der Waals surface area contributed by atoms with Gasteiger partial charge < -0.3 is 10.4 Å². The average molecular weight is 298 g/mol. The molecule has 0 unspecified atom stereocenters. The second-order valence-electron chi connectivity index (χ2n) is 4.60. The number of nitrogens with zero attached hydrogens (tertiary/aromatic N) is 2. The van der Waals surface area contributed by atoms with Gasteiger partial charge in [0.25, 0.3) is 0 Å². The minimum absolute atomic E-state index is 0.0581. The van der Waals surface area contributed by atoms with E-state index in [0.29, 0.717) is 18.0 Å². The number of carbonyl (C=O) groups excluding carboxylic acids is 1. The summed E-state index contributed by atoms with van der Waals surface area (Å²) >= 11 is 1.29. The fraction of sp³-hybridized carbons (Fsp3) is 0.583. The first-order valence-corrected chi connectivity index (χ1v) is 7.50. The molecule has 1 aromatic rings. The van der Waals surface area contributed by atoms with Crippen molar-refractivity contribution in [2.45, 2.75) is 25.7 Å². The van der Waals surface area contributed by atoms with E-state index in [1.807, 2.05) is 5.01 Å². The Labute approximate surface area is 121 Å². The summed E-state index contributed by atoms with van der Waals surface area (Å²) in [5.41, 5.74) is 2.86. The van der Waals surface area contributed by atoms with Crippen molar-refractivity contribution in [3.05, 3.63) is 16.1 Å². The molecule has 1 aromatic heterocycles. The number of hydrogen-bond donors (Lipinski definition) is 3. The fourth-order valence-corrected chi connectivity index (χ4v) is 2.77. The highest BCUT2D eigenvalue weighted by molar-refractivity contribution is 7.09. The Bertz CT molecular complexity index is 471. The summed E-state index contributed by atoms with van der Waals surface area (Å²) in [7, 11) is 0. The minimum Gasteiger partial charge on any atom is -0.476 e. The van der Waals surface area contributed by atoms with E-state index in [2.05, 4.69) is 15.7 Å². The fourth-order valence-electron chi connectivity index (χ4n) is 2.00. The van der Waals surface area contributed by atoms with Crippen LogP contribution >= 0.6 is 11.3 Å². The number of carboxylic acid groups (broad SMARTS) is 1. The van der Waals surface area contributed by atoms with Crippen LogP contribution < -0.4 is 10.7 Å². The third-order valence-electron chi connectivity index (χ3n) is 3.01. The Morgan fingerprint density at radius 2 is 2.10 bits per heavy atom. The van der Waals surface area contributed by atoms with E-state index in [4.69, 9.17) is 5.11 Å². The van der Waals surface area contributed by atoms with Crippen molar-refractivity contribution in [1.29, 1.82) is 0 Å². The second-order valence-corrected chi connectivity index (χ2v) is 5.54. The highest BCUT2D eigenvalue weighted by Crippen LogP contribution is 2.10. The van der Waals surface area contributed by atoms with Crippen LogP contribution in [0.15, 0.2) is 5.38 Å². The molecule has 7 nitrogen and oxygen atoms in total. The standard InChI is InChI=1S/C12H18N4O3S/c17-11(18)9-8-20-10(14-9)4-5-13-12(19)15-16-6-2-1-3-7-16/h8H,1-7H2,(H,17,18)(H2,13,15,19). The summed E-state index contributed by atoms with van der Waals surface area (Å²) < 4.78 is 0. The molecule has 1 aliphatic heterocycles. The van der Waals surface area contributed by atoms with Gasteiger partial charge in [0.15, 0.2) is 5.69 Å². The molecule has 2 heterocycles. The molecular weight excluding hydrogens is 280 g/mol. The van der Waals surface area contributed by atoms with Crippen LogP contribution in [0, 0.1) is 0 Å². The quantitative estimate of drug-likeness (QED) is 0.756. The molecule has 110 valence electrons. The number of aromatic carboxylic acids is 1. The summed E-state index contributed by atoms with van der Waals surface area (Å²) in [6, 6.07) is -0.220. The van der Waals surface area contributed by atoms with Gasteiger partial charge in [-0.2, -0.15) is 0 Å². The van der Waals surface area contributed by atoms with E-state index >= 15 is 0 Å². The van der Waals surface area contributed by atoms with Gasteiger partial charge in [-0.1, -0.05) is 6.42 Å². The van der Waals surface area contributed by atoms with E-state index in [1.165, 1.54) is 23.1 Å². The normalized spacial score (nSPS) is 15.8. The molecule has 1 saturated heterocycles. The van der Waals surface area contributed by atoms with Gasteiger partial charge in [-0.25, -0.2) is 19.6 Å². The number of urea groups is 1. The third-order valence-corrected chi connectivity index (χ3v) is 3.92. The van der Waals surface area contributed by atoms with Crippen molar-refractivity contribution in [2.24, 2.45) is 0 Å². The van der Waals surface area contributed by atoms with E-state index in [9.17, 15) is 9.59 Å². The van der Waals surface area contributed by atoms with Crippen LogP contribution in [0.5, 0.6) is 0 Å². The lowest BCUT2D eigenvalue weighted by Gasteiger charge is -2.26. The Hall–Kier alpha value is -1.67. The zero-order chi connectivity index (χ0) is 14.4. The van der Waals surface area contributed by atoms with Crippen molar-refractivity contribution in [3.63, 3.8) is 0 Å². The molecule has 0 aromatic carbocycles. The summed E-state index contributed by atoms with van der Waals surface area (Å²) in [6.45, 7) is 2.22. The molecule has 0 radical (unpaired) electrons. The summed E-state index contributed by atoms with van der Waals surface area (Å²) in [4.78, 5) is 26.3. The molecule has 1 fully saturated rings. The lowest BCUT2D eigenvalue weighted by Crippen LogP contribution is -2.49. The van der Waals surface area contributed by atoms with Gasteiger partial charge in [-0.05, 0) is 12.8 Å². The van der Waals surface area contributed by atoms with Crippen LogP contribution in [0.25, 0.3) is 0 Å². The topological polar surface area (TPSA) is 94.6 Å². The van der Waals surface area contributed by atoms with Crippen molar-refractivity contribution < 1.29 is 14.7 Å². The van der Waals surface area contributed by atoms with E-state index in [0.717, 1.165) is 25.9 Å². The van der Waals surface area contributed by atoms with Gasteiger partial charge in [0, 0.05) is 31.4 Å². The highest BCUT2D eigenvalue weighted by Gasteiger charge is 2.12. The number of carbonyl (C=O) groups is 2. The number of aromatic nitrogens is 1. The maximum atomic E-state index is 11.6. The van der Waals surface area contributed by atoms with E-state index in [-0.39, 0.29) is 11.7 Å². The van der Waals surface area contributed by atoms with Crippen LogP contribution in [-0.4, -0.2) is 46.7 Å². The lowest BCUT2D eigenvalue weighted by atomic mass is 10.2. The summed E-state index contributed by atoms with van der Waals surface area (Å²) in [5.74, 6) is -1.02. The molecule has 0 atom stereocenters. The van der Waals surface area contributed by atoms with Crippen LogP contribution in [0.1, 0.15) is 34.8 Å². The molecule has 8 heteroatoms. The molecular formula is C12H18N4O3S. The predicted molar refractivity (Wildman–Crippen MR) is 74.7 cm³/mol. The van der Waals surface area contributed by atoms with Crippen LogP contribution in [0.3, 0.4) is 0 Å². The SMILES string of the molecule is O=C(NCCc1nc(C(=O)O)cs1)NN1CCCCC1. The maximum absolute atomic E-state index is 11.6. The van der Waals surface area contributed by atoms with E-state index < -0.39 is 5.97 Å². The smallest absolute Gasteiger partial charge is 0.355 e. The first-order valence-electron chi connectivity index (χ1n) is 6.62. The molecule has 20 heavy (non-hydrogen) atoms. The van der Waals surface area contributed by atoms with Crippen LogP contribution in [-0.2, 0) is 6.42 Å². The molecule has 3 N–H and O–H groups in total. The number of hydrogen-bond acceptors (Lipinski definition) is 5. The van der Waals surface area contributed by atoms with E-state index in [1.54, 1.807) is 0 Å². The minimum atomic E-state index is -1.02. The van der Waals surface area contributed by atoms with Crippen molar-refractivity contribution in [1.82, 2.24) is 20.7 Å². The average Bonchev–Trinajstić information content (AvgIpc) is 2.89. The molecule has 0 aliphatic carbocycles. The number of nitrogens with one attached hydrogen (secondary N) is 2. The Morgan fingerprint density at radius 3 is 2.75 bits per heavy atom. The van der Waals surface area contributed by atoms with Gasteiger partial charge in [-0.15, -0.1) is 11.3 Å². The molecule has 2 amide bonds. The Balaban J connectivity index is 1.66. The Kier molecular flexibility index (Phi) is 5.31. The zero-order valence-corrected chi connectivity index (χ0v) is 11.9. The highest BCUT2D eigenvalue weighted by atomic mass is 32.1. The lowest BCUT2D eigenvalue weighted by molar-refractivity contribution is 0.0691. The molecule has 0 spiro atoms. The number of carboxylic acids is 1. The van der Waals surface area contributed by atoms with Gasteiger partial charge in [0.05, 0.1) is 5.01 Å². The van der Waals surface area contributed by atoms with Gasteiger partial charge in [-0.3, -0.25) is 5.43 Å². The number of hydrazine groups is 1. The first-order chi connectivity index (χ1) is 9.65. The molecule has 2 rings (SSSR count). The third kappa shape index (κ3) is 4.46. The molecule has 1 aliphatic rings. The first kappa shape index (κ1) is 14.7. The molecule has 0 saturated carbocycles. The number of thiazole rings is 1. The van der Waals surface area contributed by atoms with Gasteiger partial charge >= 0.3 is 12.0 Å². The summed E-state index contributed by atoms with van der Waals surface area (Å²) in [5, 5.41) is 15.6. The zero-order valence-electron chi connectivity index (χ0n) is 11.1.